The van der Waals surface area contributed by atoms with E-state index in [1.165, 1.54) is 11.8 Å². The lowest BCUT2D eigenvalue weighted by Gasteiger charge is -2.29. The molecule has 0 bridgehead atoms. The van der Waals surface area contributed by atoms with Gasteiger partial charge in [0.1, 0.15) is 0 Å². The fourth-order valence-electron chi connectivity index (χ4n) is 0.776. The molecule has 1 unspecified atom stereocenters. The Balaban J connectivity index is 4.06. The fraction of sp³-hybridized carbons (Fsp3) is 0.875. The van der Waals surface area contributed by atoms with Gasteiger partial charge in [-0.2, -0.15) is 0 Å². The Labute approximate surface area is 72.8 Å². The smallest absolute Gasteiger partial charge is 0.351 e. The first-order valence-corrected chi connectivity index (χ1v) is 4.10. The topological polar surface area (TPSA) is 60.8 Å². The van der Waals surface area contributed by atoms with Crippen molar-refractivity contribution in [2.45, 2.75) is 32.4 Å². The molecule has 72 valence electrons. The maximum atomic E-state index is 10.5. The van der Waals surface area contributed by atoms with Crippen LogP contribution in [0, 0.1) is 0 Å². The maximum Gasteiger partial charge on any atom is 0.351 e. The Kier molecular flexibility index (Phi) is 4.20. The Morgan fingerprint density at radius 3 is 2.42 bits per heavy atom. The number of likely N-dealkylation sites (N-methyl/N-ethyl adjacent to an activating group) is 1. The molecule has 0 saturated carbocycles. The van der Waals surface area contributed by atoms with Crippen molar-refractivity contribution in [2.24, 2.45) is 0 Å². The van der Waals surface area contributed by atoms with Gasteiger partial charge in [0.25, 0.3) is 0 Å². The summed E-state index contributed by atoms with van der Waals surface area (Å²) in [6, 6.07) is 0. The Hall–Kier alpha value is -0.610. The second-order valence-corrected chi connectivity index (χ2v) is 3.10. The number of rotatable bonds is 5. The van der Waals surface area contributed by atoms with Crippen molar-refractivity contribution in [3.63, 3.8) is 0 Å². The molecule has 0 fully saturated rings. The predicted octanol–water partition coefficient (Wildman–Crippen LogP) is 0.511. The molecule has 4 heteroatoms. The van der Waals surface area contributed by atoms with Crippen LogP contribution in [0.4, 0.5) is 0 Å². The number of unbranched alkanes of at least 4 members (excludes halogenated alkanes) is 1. The van der Waals surface area contributed by atoms with Crippen LogP contribution in [0.5, 0.6) is 0 Å². The van der Waals surface area contributed by atoms with Gasteiger partial charge in [0.2, 0.25) is 5.72 Å². The van der Waals surface area contributed by atoms with Gasteiger partial charge in [-0.3, -0.25) is 4.90 Å². The van der Waals surface area contributed by atoms with Crippen LogP contribution in [0.2, 0.25) is 0 Å². The molecule has 4 nitrogen and oxygen atoms in total. The third-order valence-corrected chi connectivity index (χ3v) is 2.00. The SMILES string of the molecule is CCCCN(C)C(C)(O)C(=O)O. The van der Waals surface area contributed by atoms with E-state index in [0.717, 1.165) is 12.8 Å². The number of carboxylic acids is 1. The summed E-state index contributed by atoms with van der Waals surface area (Å²) in [6.45, 7) is 3.89. The van der Waals surface area contributed by atoms with Gasteiger partial charge in [-0.25, -0.2) is 4.79 Å². The molecule has 0 aliphatic heterocycles. The number of carbonyl (C=O) groups is 1. The molecule has 2 N–H and O–H groups in total. The van der Waals surface area contributed by atoms with E-state index in [1.54, 1.807) is 7.05 Å². The molecule has 0 aliphatic carbocycles. The quantitative estimate of drug-likeness (QED) is 0.598. The molecule has 0 aromatic heterocycles. The van der Waals surface area contributed by atoms with E-state index >= 15 is 0 Å². The predicted molar refractivity (Wildman–Crippen MR) is 45.8 cm³/mol. The van der Waals surface area contributed by atoms with E-state index in [9.17, 15) is 9.90 Å². The molecule has 0 rings (SSSR count). The molecule has 0 aromatic carbocycles. The van der Waals surface area contributed by atoms with Gasteiger partial charge in [-0.1, -0.05) is 13.3 Å². The number of aliphatic carboxylic acids is 1. The second kappa shape index (κ2) is 4.42. The summed E-state index contributed by atoms with van der Waals surface area (Å²) in [6.07, 6.45) is 1.87. The molecule has 1 atom stereocenters. The molecular weight excluding hydrogens is 158 g/mol. The number of aliphatic hydroxyl groups is 1. The lowest BCUT2D eigenvalue weighted by Crippen LogP contribution is -2.50. The molecule has 0 heterocycles. The largest absolute Gasteiger partial charge is 0.478 e. The summed E-state index contributed by atoms with van der Waals surface area (Å²) in [5.41, 5.74) is -1.74. The lowest BCUT2D eigenvalue weighted by atomic mass is 10.2. The molecule has 0 amide bonds. The van der Waals surface area contributed by atoms with Gasteiger partial charge in [0.05, 0.1) is 0 Å². The second-order valence-electron chi connectivity index (χ2n) is 3.10. The van der Waals surface area contributed by atoms with Gasteiger partial charge in [0, 0.05) is 6.54 Å². The highest BCUT2D eigenvalue weighted by atomic mass is 16.4. The van der Waals surface area contributed by atoms with E-state index < -0.39 is 11.7 Å². The number of nitrogens with zero attached hydrogens (tertiary/aromatic N) is 1. The highest BCUT2D eigenvalue weighted by Gasteiger charge is 2.34. The standard InChI is InChI=1S/C8H17NO3/c1-4-5-6-9(3)8(2,12)7(10)11/h12H,4-6H2,1-3H3,(H,10,11). The third kappa shape index (κ3) is 2.79. The average molecular weight is 175 g/mol. The highest BCUT2D eigenvalue weighted by Crippen LogP contribution is 2.09. The number of hydrogen-bond donors (Lipinski definition) is 2. The van der Waals surface area contributed by atoms with Crippen molar-refractivity contribution in [3.05, 3.63) is 0 Å². The van der Waals surface area contributed by atoms with Crippen LogP contribution in [-0.2, 0) is 4.79 Å². The van der Waals surface area contributed by atoms with Gasteiger partial charge in [-0.05, 0) is 20.4 Å². The van der Waals surface area contributed by atoms with E-state index in [1.807, 2.05) is 6.92 Å². The van der Waals surface area contributed by atoms with E-state index in [0.29, 0.717) is 6.54 Å². The number of carboxylic acid groups (broad SMARTS) is 1. The molecular formula is C8H17NO3. The number of hydrogen-bond acceptors (Lipinski definition) is 3. The van der Waals surface area contributed by atoms with Gasteiger partial charge in [-0.15, -0.1) is 0 Å². The van der Waals surface area contributed by atoms with E-state index in [4.69, 9.17) is 5.11 Å². The van der Waals surface area contributed by atoms with Crippen LogP contribution in [0.25, 0.3) is 0 Å². The minimum Gasteiger partial charge on any atom is -0.478 e. The Morgan fingerprint density at radius 2 is 2.08 bits per heavy atom. The van der Waals surface area contributed by atoms with Gasteiger partial charge in [0.15, 0.2) is 0 Å². The van der Waals surface area contributed by atoms with Crippen molar-refractivity contribution in [2.75, 3.05) is 13.6 Å². The van der Waals surface area contributed by atoms with Crippen LogP contribution < -0.4 is 0 Å². The van der Waals surface area contributed by atoms with Gasteiger partial charge >= 0.3 is 5.97 Å². The molecule has 0 aromatic rings. The summed E-state index contributed by atoms with van der Waals surface area (Å²) < 4.78 is 0. The first-order chi connectivity index (χ1) is 5.42. The fourth-order valence-corrected chi connectivity index (χ4v) is 0.776. The van der Waals surface area contributed by atoms with Crippen molar-refractivity contribution in [1.29, 1.82) is 0 Å². The van der Waals surface area contributed by atoms with Crippen LogP contribution in [0.3, 0.4) is 0 Å². The van der Waals surface area contributed by atoms with E-state index in [-0.39, 0.29) is 0 Å². The molecule has 0 spiro atoms. The van der Waals surface area contributed by atoms with Crippen molar-refractivity contribution in [3.8, 4) is 0 Å². The van der Waals surface area contributed by atoms with Crippen molar-refractivity contribution in [1.82, 2.24) is 4.90 Å². The van der Waals surface area contributed by atoms with Crippen molar-refractivity contribution < 1.29 is 15.0 Å². The van der Waals surface area contributed by atoms with Crippen LogP contribution in [0.1, 0.15) is 26.7 Å². The third-order valence-electron chi connectivity index (χ3n) is 2.00. The van der Waals surface area contributed by atoms with Crippen molar-refractivity contribution >= 4 is 5.97 Å². The summed E-state index contributed by atoms with van der Waals surface area (Å²) in [5, 5.41) is 18.0. The molecule has 0 radical (unpaired) electrons. The Morgan fingerprint density at radius 1 is 1.58 bits per heavy atom. The first kappa shape index (κ1) is 11.4. The minimum atomic E-state index is -1.74. The normalized spacial score (nSPS) is 16.1. The molecule has 0 saturated heterocycles. The molecule has 12 heavy (non-hydrogen) atoms. The highest BCUT2D eigenvalue weighted by molar-refractivity contribution is 5.75. The monoisotopic (exact) mass is 175 g/mol. The summed E-state index contributed by atoms with van der Waals surface area (Å²) >= 11 is 0. The van der Waals surface area contributed by atoms with Crippen LogP contribution in [-0.4, -0.2) is 40.4 Å². The van der Waals surface area contributed by atoms with Crippen LogP contribution >= 0.6 is 0 Å². The maximum absolute atomic E-state index is 10.5. The minimum absolute atomic E-state index is 0.593. The lowest BCUT2D eigenvalue weighted by molar-refractivity contribution is -0.176. The Bertz CT molecular complexity index is 156. The summed E-state index contributed by atoms with van der Waals surface area (Å²) in [5.74, 6) is -1.21. The zero-order chi connectivity index (χ0) is 9.78. The summed E-state index contributed by atoms with van der Waals surface area (Å²) in [7, 11) is 1.60. The zero-order valence-corrected chi connectivity index (χ0v) is 7.87. The summed E-state index contributed by atoms with van der Waals surface area (Å²) in [4.78, 5) is 12.0. The zero-order valence-electron chi connectivity index (χ0n) is 7.87. The van der Waals surface area contributed by atoms with E-state index in [2.05, 4.69) is 0 Å². The molecule has 0 aliphatic rings. The average Bonchev–Trinajstić information content (AvgIpc) is 1.99. The van der Waals surface area contributed by atoms with Gasteiger partial charge < -0.3 is 10.2 Å². The van der Waals surface area contributed by atoms with Crippen LogP contribution in [0.15, 0.2) is 0 Å². The first-order valence-electron chi connectivity index (χ1n) is 4.10.